The van der Waals surface area contributed by atoms with Gasteiger partial charge in [-0.1, -0.05) is 93.1 Å². The fourth-order valence-corrected chi connectivity index (χ4v) is 6.30. The number of nitrogens with zero attached hydrogens (tertiary/aromatic N) is 2. The summed E-state index contributed by atoms with van der Waals surface area (Å²) in [7, 11) is 0. The maximum atomic E-state index is 6.53. The highest BCUT2D eigenvalue weighted by Crippen LogP contribution is 2.28. The zero-order valence-corrected chi connectivity index (χ0v) is 26.3. The van der Waals surface area contributed by atoms with Crippen LogP contribution in [0.4, 0.5) is 0 Å². The standard InChI is InChI=1S/C36H48N2O2.C2H6/c1-5-16-32(17-6-1)36(33-18-7-2-8-19-33)29-38-25-14-21-35(28-38)40-34-20-13-15-31(27-34)30-39-26-12-4-11-24-37-22-9-3-10-23-37;1-2/h1-2,5-8,13,15-20,27,35-36H,3-4,9-12,14,21-26,28-30H2;1-2H3. The number of rotatable bonds is 14. The summed E-state index contributed by atoms with van der Waals surface area (Å²) in [5.74, 6) is 1.34. The normalized spacial score (nSPS) is 17.9. The predicted octanol–water partition coefficient (Wildman–Crippen LogP) is 8.56. The third-order valence-corrected chi connectivity index (χ3v) is 8.49. The summed E-state index contributed by atoms with van der Waals surface area (Å²) in [5, 5.41) is 0. The van der Waals surface area contributed by atoms with Gasteiger partial charge in [-0.3, -0.25) is 4.90 Å². The van der Waals surface area contributed by atoms with E-state index in [0.717, 1.165) is 44.8 Å². The van der Waals surface area contributed by atoms with Gasteiger partial charge in [0, 0.05) is 25.6 Å². The smallest absolute Gasteiger partial charge is 0.120 e. The Bertz CT molecular complexity index is 1060. The molecule has 1 atom stereocenters. The quantitative estimate of drug-likeness (QED) is 0.181. The van der Waals surface area contributed by atoms with E-state index in [0.29, 0.717) is 12.5 Å². The second kappa shape index (κ2) is 18.8. The summed E-state index contributed by atoms with van der Waals surface area (Å²) >= 11 is 0. The number of hydrogen-bond acceptors (Lipinski definition) is 4. The van der Waals surface area contributed by atoms with Gasteiger partial charge in [0.05, 0.1) is 6.61 Å². The molecule has 0 spiro atoms. The Labute approximate surface area is 256 Å². The minimum Gasteiger partial charge on any atom is -0.489 e. The lowest BCUT2D eigenvalue weighted by Crippen LogP contribution is -2.43. The van der Waals surface area contributed by atoms with Gasteiger partial charge in [-0.25, -0.2) is 0 Å². The summed E-state index contributed by atoms with van der Waals surface area (Å²) in [5.41, 5.74) is 3.96. The Balaban J connectivity index is 0.00000198. The van der Waals surface area contributed by atoms with E-state index in [1.54, 1.807) is 0 Å². The van der Waals surface area contributed by atoms with Gasteiger partial charge in [-0.2, -0.15) is 0 Å². The Morgan fingerprint density at radius 3 is 2.12 bits per heavy atom. The lowest BCUT2D eigenvalue weighted by atomic mass is 9.90. The first-order valence-corrected chi connectivity index (χ1v) is 16.7. The molecule has 2 fully saturated rings. The molecule has 2 aliphatic rings. The van der Waals surface area contributed by atoms with Crippen molar-refractivity contribution in [2.45, 2.75) is 83.8 Å². The molecule has 5 rings (SSSR count). The maximum Gasteiger partial charge on any atom is 0.120 e. The minimum atomic E-state index is 0.219. The molecular weight excluding hydrogens is 516 g/mol. The molecule has 42 heavy (non-hydrogen) atoms. The van der Waals surface area contributed by atoms with E-state index in [-0.39, 0.29) is 6.10 Å². The summed E-state index contributed by atoms with van der Waals surface area (Å²) in [4.78, 5) is 5.23. The molecule has 2 saturated heterocycles. The van der Waals surface area contributed by atoms with Gasteiger partial charge >= 0.3 is 0 Å². The van der Waals surface area contributed by atoms with Crippen LogP contribution in [0.2, 0.25) is 0 Å². The van der Waals surface area contributed by atoms with Gasteiger partial charge in [0.2, 0.25) is 0 Å². The zero-order valence-electron chi connectivity index (χ0n) is 26.3. The molecule has 0 radical (unpaired) electrons. The van der Waals surface area contributed by atoms with E-state index in [1.807, 2.05) is 13.8 Å². The fourth-order valence-electron chi connectivity index (χ4n) is 6.30. The largest absolute Gasteiger partial charge is 0.489 e. The molecule has 2 aliphatic heterocycles. The minimum absolute atomic E-state index is 0.219. The summed E-state index contributed by atoms with van der Waals surface area (Å²) in [6.07, 6.45) is 10.4. The lowest BCUT2D eigenvalue weighted by molar-refractivity contribution is 0.0859. The molecule has 0 aromatic heterocycles. The summed E-state index contributed by atoms with van der Waals surface area (Å²) < 4.78 is 12.6. The van der Waals surface area contributed by atoms with Gasteiger partial charge in [0.15, 0.2) is 0 Å². The Kier molecular flexibility index (Phi) is 14.4. The lowest BCUT2D eigenvalue weighted by Gasteiger charge is -2.35. The molecule has 2 heterocycles. The van der Waals surface area contributed by atoms with E-state index in [4.69, 9.17) is 9.47 Å². The van der Waals surface area contributed by atoms with E-state index in [9.17, 15) is 0 Å². The topological polar surface area (TPSA) is 24.9 Å². The zero-order chi connectivity index (χ0) is 29.2. The Hall–Kier alpha value is -2.66. The van der Waals surface area contributed by atoms with Gasteiger partial charge < -0.3 is 14.4 Å². The first-order chi connectivity index (χ1) is 20.8. The first kappa shape index (κ1) is 32.3. The van der Waals surface area contributed by atoms with E-state index >= 15 is 0 Å². The average Bonchev–Trinajstić information content (AvgIpc) is 3.06. The molecule has 228 valence electrons. The van der Waals surface area contributed by atoms with E-state index < -0.39 is 0 Å². The van der Waals surface area contributed by atoms with E-state index in [1.165, 1.54) is 74.8 Å². The second-order valence-electron chi connectivity index (χ2n) is 11.7. The van der Waals surface area contributed by atoms with Gasteiger partial charge in [0.25, 0.3) is 0 Å². The number of ether oxygens (including phenoxy) is 2. The van der Waals surface area contributed by atoms with Gasteiger partial charge in [0.1, 0.15) is 11.9 Å². The molecule has 4 heteroatoms. The molecular formula is C38H54N2O2. The molecule has 1 unspecified atom stereocenters. The summed E-state index contributed by atoms with van der Waals surface area (Å²) in [6, 6.07) is 30.4. The third kappa shape index (κ3) is 10.9. The van der Waals surface area contributed by atoms with Crippen molar-refractivity contribution in [1.82, 2.24) is 9.80 Å². The van der Waals surface area contributed by atoms with Crippen molar-refractivity contribution in [3.8, 4) is 5.75 Å². The van der Waals surface area contributed by atoms with Gasteiger partial charge in [-0.05, 0) is 99.9 Å². The van der Waals surface area contributed by atoms with Crippen LogP contribution in [0.1, 0.15) is 87.8 Å². The van der Waals surface area contributed by atoms with Crippen LogP contribution < -0.4 is 4.74 Å². The third-order valence-electron chi connectivity index (χ3n) is 8.49. The summed E-state index contributed by atoms with van der Waals surface area (Å²) in [6.45, 7) is 12.5. The molecule has 0 amide bonds. The predicted molar refractivity (Wildman–Crippen MR) is 176 cm³/mol. The van der Waals surface area contributed by atoms with Crippen LogP contribution in [0.15, 0.2) is 84.9 Å². The van der Waals surface area contributed by atoms with Crippen molar-refractivity contribution in [1.29, 1.82) is 0 Å². The molecule has 0 aliphatic carbocycles. The highest BCUT2D eigenvalue weighted by Gasteiger charge is 2.25. The van der Waals surface area contributed by atoms with Crippen molar-refractivity contribution in [3.05, 3.63) is 102 Å². The van der Waals surface area contributed by atoms with Crippen molar-refractivity contribution in [2.75, 3.05) is 45.9 Å². The van der Waals surface area contributed by atoms with Crippen LogP contribution in [-0.4, -0.2) is 61.8 Å². The monoisotopic (exact) mass is 570 g/mol. The van der Waals surface area contributed by atoms with Gasteiger partial charge in [-0.15, -0.1) is 0 Å². The van der Waals surface area contributed by atoms with Crippen LogP contribution in [0.3, 0.4) is 0 Å². The van der Waals surface area contributed by atoms with Crippen molar-refractivity contribution in [3.63, 3.8) is 0 Å². The number of benzene rings is 3. The number of likely N-dealkylation sites (tertiary alicyclic amines) is 2. The van der Waals surface area contributed by atoms with Crippen LogP contribution in [0, 0.1) is 0 Å². The van der Waals surface area contributed by atoms with Crippen LogP contribution >= 0.6 is 0 Å². The van der Waals surface area contributed by atoms with Crippen LogP contribution in [-0.2, 0) is 11.3 Å². The molecule has 3 aromatic rings. The highest BCUT2D eigenvalue weighted by atomic mass is 16.5. The molecule has 0 bridgehead atoms. The highest BCUT2D eigenvalue weighted by molar-refractivity contribution is 5.33. The number of unbranched alkanes of at least 4 members (excludes halogenated alkanes) is 2. The average molecular weight is 571 g/mol. The maximum absolute atomic E-state index is 6.53. The Morgan fingerprint density at radius 1 is 0.714 bits per heavy atom. The molecule has 3 aromatic carbocycles. The second-order valence-corrected chi connectivity index (χ2v) is 11.7. The van der Waals surface area contributed by atoms with E-state index in [2.05, 4.69) is 94.7 Å². The molecule has 4 nitrogen and oxygen atoms in total. The number of piperidine rings is 2. The van der Waals surface area contributed by atoms with Crippen molar-refractivity contribution >= 4 is 0 Å². The molecule has 0 saturated carbocycles. The molecule has 0 N–H and O–H groups in total. The fraction of sp³-hybridized carbons (Fsp3) is 0.526. The Morgan fingerprint density at radius 2 is 1.40 bits per heavy atom. The SMILES string of the molecule is CC.c1ccc(C(CN2CCCC(Oc3cccc(COCCCCCN4CCCCC4)c3)C2)c2ccccc2)cc1. The number of hydrogen-bond donors (Lipinski definition) is 0. The van der Waals surface area contributed by atoms with Crippen molar-refractivity contribution in [2.24, 2.45) is 0 Å². The first-order valence-electron chi connectivity index (χ1n) is 16.7. The van der Waals surface area contributed by atoms with Crippen molar-refractivity contribution < 1.29 is 9.47 Å². The van der Waals surface area contributed by atoms with Crippen LogP contribution in [0.5, 0.6) is 5.75 Å². The van der Waals surface area contributed by atoms with Crippen LogP contribution in [0.25, 0.3) is 0 Å².